The van der Waals surface area contributed by atoms with Gasteiger partial charge in [-0.3, -0.25) is 14.4 Å². The van der Waals surface area contributed by atoms with Crippen molar-refractivity contribution in [3.63, 3.8) is 0 Å². The third kappa shape index (κ3) is 4.25. The zero-order valence-corrected chi connectivity index (χ0v) is 15.1. The van der Waals surface area contributed by atoms with Crippen molar-refractivity contribution in [3.05, 3.63) is 59.7 Å². The van der Waals surface area contributed by atoms with Crippen LogP contribution in [-0.4, -0.2) is 61.3 Å². The van der Waals surface area contributed by atoms with Gasteiger partial charge in [-0.15, -0.1) is 0 Å². The van der Waals surface area contributed by atoms with Gasteiger partial charge in [0.05, 0.1) is 12.8 Å². The highest BCUT2D eigenvalue weighted by Crippen LogP contribution is 2.23. The number of amides is 3. The number of piperazine rings is 1. The van der Waals surface area contributed by atoms with E-state index < -0.39 is 0 Å². The fourth-order valence-corrected chi connectivity index (χ4v) is 2.95. The van der Waals surface area contributed by atoms with E-state index in [1.807, 2.05) is 6.07 Å². The molecule has 0 spiro atoms. The molecule has 0 bridgehead atoms. The van der Waals surface area contributed by atoms with Gasteiger partial charge in [0.2, 0.25) is 6.41 Å². The van der Waals surface area contributed by atoms with E-state index in [4.69, 9.17) is 4.74 Å². The van der Waals surface area contributed by atoms with E-state index in [1.54, 1.807) is 52.3 Å². The number of rotatable bonds is 5. The van der Waals surface area contributed by atoms with E-state index in [2.05, 4.69) is 5.32 Å². The minimum Gasteiger partial charge on any atom is -0.495 e. The maximum atomic E-state index is 12.7. The van der Waals surface area contributed by atoms with Gasteiger partial charge in [0, 0.05) is 37.3 Å². The predicted octanol–water partition coefficient (Wildman–Crippen LogP) is 1.86. The van der Waals surface area contributed by atoms with Crippen LogP contribution in [0.5, 0.6) is 5.75 Å². The number of methoxy groups -OCH3 is 1. The molecule has 0 unspecified atom stereocenters. The first kappa shape index (κ1) is 18.4. The number of para-hydroxylation sites is 2. The molecule has 1 saturated heterocycles. The minimum absolute atomic E-state index is 0.146. The lowest BCUT2D eigenvalue weighted by atomic mass is 10.1. The number of nitrogens with one attached hydrogen (secondary N) is 1. The van der Waals surface area contributed by atoms with Gasteiger partial charge in [-0.1, -0.05) is 18.2 Å². The van der Waals surface area contributed by atoms with E-state index in [9.17, 15) is 14.4 Å². The highest BCUT2D eigenvalue weighted by Gasteiger charge is 2.22. The van der Waals surface area contributed by atoms with Crippen molar-refractivity contribution < 1.29 is 19.1 Å². The average Bonchev–Trinajstić information content (AvgIpc) is 2.73. The fraction of sp³-hybridized carbons (Fsp3) is 0.250. The Kier molecular flexibility index (Phi) is 5.71. The smallest absolute Gasteiger partial charge is 0.255 e. The molecule has 1 heterocycles. The molecule has 3 rings (SSSR count). The summed E-state index contributed by atoms with van der Waals surface area (Å²) in [6.07, 6.45) is 0.796. The summed E-state index contributed by atoms with van der Waals surface area (Å²) in [5, 5.41) is 2.80. The molecule has 0 saturated carbocycles. The summed E-state index contributed by atoms with van der Waals surface area (Å²) in [4.78, 5) is 39.4. The molecule has 0 aliphatic carbocycles. The quantitative estimate of drug-likeness (QED) is 0.818. The van der Waals surface area contributed by atoms with Crippen molar-refractivity contribution in [2.24, 2.45) is 0 Å². The van der Waals surface area contributed by atoms with Gasteiger partial charge in [0.25, 0.3) is 11.8 Å². The first-order chi connectivity index (χ1) is 13.1. The van der Waals surface area contributed by atoms with Crippen LogP contribution in [0, 0.1) is 0 Å². The lowest BCUT2D eigenvalue weighted by Crippen LogP contribution is -2.48. The summed E-state index contributed by atoms with van der Waals surface area (Å²) < 4.78 is 5.24. The number of nitrogens with zero attached hydrogens (tertiary/aromatic N) is 2. The standard InChI is InChI=1S/C20H21N3O4/c1-27-18-8-3-2-7-17(18)21-19(25)15-5-4-6-16(13-15)20(26)23-11-9-22(14-24)10-12-23/h2-8,13-14H,9-12H2,1H3,(H,21,25). The Morgan fingerprint density at radius 2 is 1.70 bits per heavy atom. The third-order valence-corrected chi connectivity index (χ3v) is 4.48. The molecular formula is C20H21N3O4. The molecule has 0 aromatic heterocycles. The number of hydrogen-bond donors (Lipinski definition) is 1. The molecule has 7 nitrogen and oxygen atoms in total. The van der Waals surface area contributed by atoms with Gasteiger partial charge < -0.3 is 19.9 Å². The second-order valence-electron chi connectivity index (χ2n) is 6.17. The van der Waals surface area contributed by atoms with Crippen molar-refractivity contribution in [2.75, 3.05) is 38.6 Å². The first-order valence-corrected chi connectivity index (χ1v) is 8.65. The molecule has 2 aromatic rings. The Labute approximate surface area is 157 Å². The molecule has 2 aromatic carbocycles. The molecule has 1 fully saturated rings. The number of benzene rings is 2. The van der Waals surface area contributed by atoms with Gasteiger partial charge in [-0.2, -0.15) is 0 Å². The molecule has 0 radical (unpaired) electrons. The van der Waals surface area contributed by atoms with Gasteiger partial charge >= 0.3 is 0 Å². The maximum absolute atomic E-state index is 12.7. The lowest BCUT2D eigenvalue weighted by molar-refractivity contribution is -0.119. The van der Waals surface area contributed by atoms with Crippen LogP contribution in [0.15, 0.2) is 48.5 Å². The second-order valence-corrected chi connectivity index (χ2v) is 6.17. The normalized spacial score (nSPS) is 13.8. The zero-order valence-electron chi connectivity index (χ0n) is 15.1. The van der Waals surface area contributed by atoms with Crippen LogP contribution in [0.2, 0.25) is 0 Å². The Balaban J connectivity index is 1.72. The maximum Gasteiger partial charge on any atom is 0.255 e. The number of ether oxygens (including phenoxy) is 1. The Morgan fingerprint density at radius 1 is 1.00 bits per heavy atom. The van der Waals surface area contributed by atoms with Gasteiger partial charge in [0.1, 0.15) is 5.75 Å². The molecule has 3 amide bonds. The molecule has 140 valence electrons. The molecule has 0 atom stereocenters. The van der Waals surface area contributed by atoms with Crippen LogP contribution < -0.4 is 10.1 Å². The van der Waals surface area contributed by atoms with Crippen LogP contribution >= 0.6 is 0 Å². The number of anilines is 1. The molecule has 1 aliphatic heterocycles. The van der Waals surface area contributed by atoms with Gasteiger partial charge in [-0.25, -0.2) is 0 Å². The zero-order chi connectivity index (χ0) is 19.2. The highest BCUT2D eigenvalue weighted by molar-refractivity contribution is 6.06. The largest absolute Gasteiger partial charge is 0.495 e. The van der Waals surface area contributed by atoms with Crippen molar-refractivity contribution in [1.82, 2.24) is 9.80 Å². The number of carbonyl (C=O) groups excluding carboxylic acids is 3. The SMILES string of the molecule is COc1ccccc1NC(=O)c1cccc(C(=O)N2CCN(C=O)CC2)c1. The average molecular weight is 367 g/mol. The minimum atomic E-state index is -0.320. The Morgan fingerprint density at radius 3 is 2.41 bits per heavy atom. The van der Waals surface area contributed by atoms with E-state index >= 15 is 0 Å². The second kappa shape index (κ2) is 8.35. The van der Waals surface area contributed by atoms with E-state index in [1.165, 1.54) is 7.11 Å². The van der Waals surface area contributed by atoms with Crippen LogP contribution in [0.3, 0.4) is 0 Å². The van der Waals surface area contributed by atoms with Gasteiger partial charge in [-0.05, 0) is 30.3 Å². The Bertz CT molecular complexity index is 845. The summed E-state index contributed by atoms with van der Waals surface area (Å²) in [6.45, 7) is 2.00. The molecule has 1 aliphatic rings. The number of hydrogen-bond acceptors (Lipinski definition) is 4. The van der Waals surface area contributed by atoms with Crippen LogP contribution in [-0.2, 0) is 4.79 Å². The number of carbonyl (C=O) groups is 3. The molecular weight excluding hydrogens is 346 g/mol. The summed E-state index contributed by atoms with van der Waals surface area (Å²) in [6, 6.07) is 13.7. The van der Waals surface area contributed by atoms with Crippen molar-refractivity contribution in [2.45, 2.75) is 0 Å². The summed E-state index contributed by atoms with van der Waals surface area (Å²) in [7, 11) is 1.54. The van der Waals surface area contributed by atoms with E-state index in [-0.39, 0.29) is 11.8 Å². The fourth-order valence-electron chi connectivity index (χ4n) is 2.95. The van der Waals surface area contributed by atoms with Crippen LogP contribution in [0.25, 0.3) is 0 Å². The van der Waals surface area contributed by atoms with E-state index in [0.717, 1.165) is 6.41 Å². The van der Waals surface area contributed by atoms with Crippen molar-refractivity contribution in [3.8, 4) is 5.75 Å². The van der Waals surface area contributed by atoms with Crippen LogP contribution in [0.1, 0.15) is 20.7 Å². The molecule has 27 heavy (non-hydrogen) atoms. The van der Waals surface area contributed by atoms with Gasteiger partial charge in [0.15, 0.2) is 0 Å². The first-order valence-electron chi connectivity index (χ1n) is 8.65. The summed E-state index contributed by atoms with van der Waals surface area (Å²) in [5.41, 5.74) is 1.40. The highest BCUT2D eigenvalue weighted by atomic mass is 16.5. The lowest BCUT2D eigenvalue weighted by Gasteiger charge is -2.32. The van der Waals surface area contributed by atoms with Crippen molar-refractivity contribution in [1.29, 1.82) is 0 Å². The third-order valence-electron chi connectivity index (χ3n) is 4.48. The van der Waals surface area contributed by atoms with Crippen LogP contribution in [0.4, 0.5) is 5.69 Å². The summed E-state index contributed by atoms with van der Waals surface area (Å²) >= 11 is 0. The monoisotopic (exact) mass is 367 g/mol. The van der Waals surface area contributed by atoms with E-state index in [0.29, 0.717) is 48.7 Å². The summed E-state index contributed by atoms with van der Waals surface area (Å²) in [5.74, 6) is 0.0959. The topological polar surface area (TPSA) is 79.0 Å². The predicted molar refractivity (Wildman–Crippen MR) is 101 cm³/mol. The molecule has 1 N–H and O–H groups in total. The molecule has 7 heteroatoms. The Hall–Kier alpha value is -3.35. The van der Waals surface area contributed by atoms with Crippen molar-refractivity contribution >= 4 is 23.9 Å².